The van der Waals surface area contributed by atoms with Crippen LogP contribution in [-0.4, -0.2) is 43.5 Å². The monoisotopic (exact) mass is 357 g/mol. The molecular formula is C20H23NO5. The maximum atomic E-state index is 12.8. The van der Waals surface area contributed by atoms with Gasteiger partial charge in [-0.1, -0.05) is 25.5 Å². The maximum Gasteiger partial charge on any atom is 0.340 e. The Balaban J connectivity index is 2.41. The number of ether oxygens (including phenoxy) is 2. The predicted molar refractivity (Wildman–Crippen MR) is 97.1 cm³/mol. The molecule has 0 bridgehead atoms. The quantitative estimate of drug-likeness (QED) is 0.578. The fourth-order valence-electron chi connectivity index (χ4n) is 2.81. The number of methoxy groups -OCH3 is 2. The number of benzene rings is 1. The van der Waals surface area contributed by atoms with E-state index >= 15 is 0 Å². The lowest BCUT2D eigenvalue weighted by atomic mass is 10.0. The molecule has 6 nitrogen and oxygen atoms in total. The molecule has 0 atom stereocenters. The SMILES string of the molecule is CCCCN1C(=O)/C(=C\c2ccc(C(=O)OC)cc2)C(C(=O)OC)=C1C. The molecule has 26 heavy (non-hydrogen) atoms. The molecular weight excluding hydrogens is 334 g/mol. The highest BCUT2D eigenvalue weighted by molar-refractivity contribution is 6.16. The van der Waals surface area contributed by atoms with Crippen molar-refractivity contribution in [2.75, 3.05) is 20.8 Å². The molecule has 1 aromatic carbocycles. The topological polar surface area (TPSA) is 72.9 Å². The van der Waals surface area contributed by atoms with E-state index in [1.54, 1.807) is 42.2 Å². The molecule has 0 N–H and O–H groups in total. The minimum absolute atomic E-state index is 0.214. The highest BCUT2D eigenvalue weighted by Crippen LogP contribution is 2.31. The molecule has 0 unspecified atom stereocenters. The first-order chi connectivity index (χ1) is 12.4. The van der Waals surface area contributed by atoms with Gasteiger partial charge >= 0.3 is 11.9 Å². The van der Waals surface area contributed by atoms with E-state index in [1.165, 1.54) is 14.2 Å². The van der Waals surface area contributed by atoms with Gasteiger partial charge in [-0.05, 0) is 37.1 Å². The smallest absolute Gasteiger partial charge is 0.340 e. The average molecular weight is 357 g/mol. The van der Waals surface area contributed by atoms with Crippen LogP contribution in [0.3, 0.4) is 0 Å². The van der Waals surface area contributed by atoms with Gasteiger partial charge < -0.3 is 14.4 Å². The van der Waals surface area contributed by atoms with Crippen LogP contribution in [0, 0.1) is 0 Å². The van der Waals surface area contributed by atoms with Crippen LogP contribution in [0.2, 0.25) is 0 Å². The molecule has 1 heterocycles. The number of hydrogen-bond donors (Lipinski definition) is 0. The molecule has 0 saturated carbocycles. The molecule has 2 rings (SSSR count). The Morgan fingerprint density at radius 3 is 2.23 bits per heavy atom. The fraction of sp³-hybridized carbons (Fsp3) is 0.350. The van der Waals surface area contributed by atoms with E-state index in [1.807, 2.05) is 6.92 Å². The van der Waals surface area contributed by atoms with Gasteiger partial charge in [-0.15, -0.1) is 0 Å². The normalized spacial score (nSPS) is 15.6. The Morgan fingerprint density at radius 1 is 1.08 bits per heavy atom. The minimum Gasteiger partial charge on any atom is -0.465 e. The summed E-state index contributed by atoms with van der Waals surface area (Å²) < 4.78 is 9.53. The molecule has 0 saturated heterocycles. The van der Waals surface area contributed by atoms with Crippen LogP contribution >= 0.6 is 0 Å². The van der Waals surface area contributed by atoms with Crippen LogP contribution in [-0.2, 0) is 19.1 Å². The van der Waals surface area contributed by atoms with Crippen LogP contribution < -0.4 is 0 Å². The zero-order valence-electron chi connectivity index (χ0n) is 15.5. The number of nitrogens with zero attached hydrogens (tertiary/aromatic N) is 1. The molecule has 0 aliphatic carbocycles. The zero-order valence-corrected chi connectivity index (χ0v) is 15.5. The Hall–Kier alpha value is -2.89. The number of rotatable bonds is 6. The third-order valence-electron chi connectivity index (χ3n) is 4.28. The van der Waals surface area contributed by atoms with Crippen molar-refractivity contribution in [2.24, 2.45) is 0 Å². The van der Waals surface area contributed by atoms with Crippen LogP contribution in [0.4, 0.5) is 0 Å². The lowest BCUT2D eigenvalue weighted by Crippen LogP contribution is -2.26. The number of carbonyl (C=O) groups excluding carboxylic acids is 3. The van der Waals surface area contributed by atoms with Crippen molar-refractivity contribution in [3.8, 4) is 0 Å². The summed E-state index contributed by atoms with van der Waals surface area (Å²) in [4.78, 5) is 38.2. The van der Waals surface area contributed by atoms with Gasteiger partial charge in [-0.3, -0.25) is 4.79 Å². The van der Waals surface area contributed by atoms with Crippen molar-refractivity contribution in [3.05, 3.63) is 52.2 Å². The summed E-state index contributed by atoms with van der Waals surface area (Å²) in [6.45, 7) is 4.35. The summed E-state index contributed by atoms with van der Waals surface area (Å²) in [5, 5.41) is 0. The molecule has 0 spiro atoms. The first kappa shape index (κ1) is 19.4. The molecule has 0 fully saturated rings. The van der Waals surface area contributed by atoms with Crippen LogP contribution in [0.25, 0.3) is 6.08 Å². The molecule has 1 amide bonds. The predicted octanol–water partition coefficient (Wildman–Crippen LogP) is 2.95. The lowest BCUT2D eigenvalue weighted by Gasteiger charge is -2.17. The first-order valence-electron chi connectivity index (χ1n) is 8.46. The fourth-order valence-corrected chi connectivity index (χ4v) is 2.81. The summed E-state index contributed by atoms with van der Waals surface area (Å²) >= 11 is 0. The van der Waals surface area contributed by atoms with Crippen LogP contribution in [0.5, 0.6) is 0 Å². The van der Waals surface area contributed by atoms with E-state index in [9.17, 15) is 14.4 Å². The third kappa shape index (κ3) is 3.85. The first-order valence-corrected chi connectivity index (χ1v) is 8.46. The second-order valence-electron chi connectivity index (χ2n) is 5.93. The van der Waals surface area contributed by atoms with Crippen LogP contribution in [0.1, 0.15) is 42.6 Å². The zero-order chi connectivity index (χ0) is 19.3. The van der Waals surface area contributed by atoms with E-state index in [4.69, 9.17) is 4.74 Å². The van der Waals surface area contributed by atoms with Gasteiger partial charge in [-0.2, -0.15) is 0 Å². The van der Waals surface area contributed by atoms with Gasteiger partial charge in [0.1, 0.15) is 0 Å². The lowest BCUT2D eigenvalue weighted by molar-refractivity contribution is -0.136. The summed E-state index contributed by atoms with van der Waals surface area (Å²) in [5.41, 5.74) is 2.30. The molecule has 6 heteroatoms. The Bertz CT molecular complexity index is 774. The standard InChI is InChI=1S/C20H23NO5/c1-5-6-11-21-13(2)17(20(24)26-4)16(18(21)22)12-14-7-9-15(10-8-14)19(23)25-3/h7-10,12H,5-6,11H2,1-4H3/b16-12-. The summed E-state index contributed by atoms with van der Waals surface area (Å²) in [6, 6.07) is 6.62. The van der Waals surface area contributed by atoms with Gasteiger partial charge in [0, 0.05) is 12.2 Å². The number of carbonyl (C=O) groups is 3. The number of allylic oxidation sites excluding steroid dienone is 1. The molecule has 1 aliphatic rings. The molecule has 1 aliphatic heterocycles. The van der Waals surface area contributed by atoms with Crippen molar-refractivity contribution >= 4 is 23.9 Å². The number of esters is 2. The second-order valence-corrected chi connectivity index (χ2v) is 5.93. The van der Waals surface area contributed by atoms with Crippen LogP contribution in [0.15, 0.2) is 41.1 Å². The Labute approximate surface area is 153 Å². The molecule has 0 radical (unpaired) electrons. The second kappa shape index (κ2) is 8.47. The van der Waals surface area contributed by atoms with Crippen molar-refractivity contribution in [2.45, 2.75) is 26.7 Å². The maximum absolute atomic E-state index is 12.8. The summed E-state index contributed by atoms with van der Waals surface area (Å²) in [5.74, 6) is -1.18. The van der Waals surface area contributed by atoms with Gasteiger partial charge in [0.05, 0.1) is 30.9 Å². The summed E-state index contributed by atoms with van der Waals surface area (Å²) in [6.07, 6.45) is 3.43. The number of amides is 1. The number of unbranched alkanes of at least 4 members (excludes halogenated alkanes) is 1. The average Bonchev–Trinajstić information content (AvgIpc) is 2.89. The third-order valence-corrected chi connectivity index (χ3v) is 4.28. The molecule has 138 valence electrons. The van der Waals surface area contributed by atoms with Crippen molar-refractivity contribution < 1.29 is 23.9 Å². The van der Waals surface area contributed by atoms with E-state index < -0.39 is 11.9 Å². The Morgan fingerprint density at radius 2 is 1.69 bits per heavy atom. The van der Waals surface area contributed by atoms with E-state index in [0.29, 0.717) is 28.9 Å². The van der Waals surface area contributed by atoms with Gasteiger partial charge in [-0.25, -0.2) is 9.59 Å². The van der Waals surface area contributed by atoms with Crippen molar-refractivity contribution in [3.63, 3.8) is 0 Å². The minimum atomic E-state index is -0.535. The highest BCUT2D eigenvalue weighted by Gasteiger charge is 2.36. The van der Waals surface area contributed by atoms with Gasteiger partial charge in [0.15, 0.2) is 0 Å². The number of hydrogen-bond acceptors (Lipinski definition) is 5. The Kier molecular flexibility index (Phi) is 6.33. The van der Waals surface area contributed by atoms with Gasteiger partial charge in [0.2, 0.25) is 0 Å². The van der Waals surface area contributed by atoms with E-state index in [0.717, 1.165) is 12.8 Å². The van der Waals surface area contributed by atoms with Crippen molar-refractivity contribution in [1.29, 1.82) is 0 Å². The largest absolute Gasteiger partial charge is 0.465 e. The van der Waals surface area contributed by atoms with E-state index in [2.05, 4.69) is 4.74 Å². The van der Waals surface area contributed by atoms with E-state index in [-0.39, 0.29) is 11.5 Å². The molecule has 0 aromatic heterocycles. The highest BCUT2D eigenvalue weighted by atomic mass is 16.5. The summed E-state index contributed by atoms with van der Waals surface area (Å²) in [7, 11) is 2.61. The van der Waals surface area contributed by atoms with Gasteiger partial charge in [0.25, 0.3) is 5.91 Å². The van der Waals surface area contributed by atoms with Crippen molar-refractivity contribution in [1.82, 2.24) is 4.90 Å². The molecule has 1 aromatic rings.